The molecule has 0 fully saturated rings. The summed E-state index contributed by atoms with van der Waals surface area (Å²) in [7, 11) is 0. The first-order valence-corrected chi connectivity index (χ1v) is 19.4. The molecule has 0 bridgehead atoms. The molecule has 1 aliphatic rings. The monoisotopic (exact) mass is 733 g/mol. The van der Waals surface area contributed by atoms with Crippen LogP contribution in [0.25, 0.3) is 72.6 Å². The Morgan fingerprint density at radius 1 is 0.649 bits per heavy atom. The molecule has 1 aromatic heterocycles. The van der Waals surface area contributed by atoms with Crippen LogP contribution in [0.3, 0.4) is 0 Å². The predicted octanol–water partition coefficient (Wildman–Crippen LogP) is 12.3. The number of nitrogens with zero attached hydrogens (tertiary/aromatic N) is 2. The molecule has 0 aliphatic carbocycles. The van der Waals surface area contributed by atoms with Crippen molar-refractivity contribution in [3.8, 4) is 28.2 Å². The highest BCUT2D eigenvalue weighted by molar-refractivity contribution is 6.17. The molecule has 0 radical (unpaired) electrons. The molecule has 2 heterocycles. The summed E-state index contributed by atoms with van der Waals surface area (Å²) in [6.07, 6.45) is 6.33. The van der Waals surface area contributed by atoms with E-state index >= 15 is 0 Å². The zero-order chi connectivity index (χ0) is 38.1. The minimum Gasteiger partial charge on any atom is -0.381 e. The molecular formula is C52H39N5. The fourth-order valence-electron chi connectivity index (χ4n) is 8.09. The van der Waals surface area contributed by atoms with Gasteiger partial charge in [0.2, 0.25) is 0 Å². The molecule has 0 saturated heterocycles. The summed E-state index contributed by atoms with van der Waals surface area (Å²) in [5.41, 5.74) is 13.2. The van der Waals surface area contributed by atoms with Crippen LogP contribution >= 0.6 is 0 Å². The maximum absolute atomic E-state index is 8.87. The van der Waals surface area contributed by atoms with E-state index in [1.807, 2.05) is 42.5 Å². The van der Waals surface area contributed by atoms with E-state index in [0.717, 1.165) is 79.2 Å². The van der Waals surface area contributed by atoms with Crippen LogP contribution in [-0.2, 0) is 6.54 Å². The molecule has 10 rings (SSSR count). The minimum absolute atomic E-state index is 0.460. The van der Waals surface area contributed by atoms with Crippen molar-refractivity contribution in [2.24, 2.45) is 0 Å². The number of hydrogen-bond donors (Lipinski definition) is 3. The van der Waals surface area contributed by atoms with E-state index in [9.17, 15) is 0 Å². The highest BCUT2D eigenvalue weighted by atomic mass is 15.1. The number of anilines is 1. The second-order valence-corrected chi connectivity index (χ2v) is 14.4. The van der Waals surface area contributed by atoms with Gasteiger partial charge in [-0.1, -0.05) is 176 Å². The lowest BCUT2D eigenvalue weighted by Gasteiger charge is -2.18. The standard InChI is InChI=1S/C52H39N5/c53-47(39-16-5-2-6-17-39)33-48(55-34-35-13-3-1-4-14-35)40-26-24-36(25-27-40)37-28-30-41(31-29-37)57-51-44-21-10-9-20-43(44)49-46(23-12-32-54-49)50(51)56-52(57)45-22-11-18-38-15-7-8-19-42(38)45/h1-31,33,53-55H,32,34H2/b48-33-,53-47?. The third-order valence-corrected chi connectivity index (χ3v) is 10.9. The summed E-state index contributed by atoms with van der Waals surface area (Å²) < 4.78 is 2.35. The van der Waals surface area contributed by atoms with Gasteiger partial charge in [-0.25, -0.2) is 4.98 Å². The lowest BCUT2D eigenvalue weighted by Crippen LogP contribution is -2.13. The number of rotatable bonds is 9. The molecule has 272 valence electrons. The molecule has 0 atom stereocenters. The third-order valence-electron chi connectivity index (χ3n) is 10.9. The van der Waals surface area contributed by atoms with Gasteiger partial charge in [0.05, 0.1) is 22.4 Å². The van der Waals surface area contributed by atoms with Crippen LogP contribution in [0.2, 0.25) is 0 Å². The summed E-state index contributed by atoms with van der Waals surface area (Å²) in [5, 5.41) is 20.8. The van der Waals surface area contributed by atoms with E-state index in [2.05, 4.69) is 167 Å². The van der Waals surface area contributed by atoms with Crippen LogP contribution in [0.5, 0.6) is 0 Å². The molecule has 0 unspecified atom stereocenters. The van der Waals surface area contributed by atoms with E-state index in [-0.39, 0.29) is 0 Å². The average molecular weight is 734 g/mol. The Morgan fingerprint density at radius 3 is 2.07 bits per heavy atom. The number of allylic oxidation sites excluding steroid dienone is 1. The molecule has 5 heteroatoms. The van der Waals surface area contributed by atoms with Crippen molar-refractivity contribution in [1.29, 1.82) is 5.41 Å². The van der Waals surface area contributed by atoms with Crippen LogP contribution in [0, 0.1) is 5.41 Å². The molecule has 8 aromatic carbocycles. The molecule has 0 saturated carbocycles. The highest BCUT2D eigenvalue weighted by Crippen LogP contribution is 2.43. The summed E-state index contributed by atoms with van der Waals surface area (Å²) in [5.74, 6) is 0.916. The summed E-state index contributed by atoms with van der Waals surface area (Å²) in [6, 6.07) is 61.4. The number of hydrogen-bond acceptors (Lipinski definition) is 4. The molecule has 3 N–H and O–H groups in total. The first-order chi connectivity index (χ1) is 28.2. The number of aromatic nitrogens is 2. The summed E-state index contributed by atoms with van der Waals surface area (Å²) in [4.78, 5) is 5.50. The van der Waals surface area contributed by atoms with Crippen molar-refractivity contribution in [2.45, 2.75) is 6.54 Å². The Labute approximate surface area is 331 Å². The zero-order valence-electron chi connectivity index (χ0n) is 31.3. The Morgan fingerprint density at radius 2 is 1.30 bits per heavy atom. The van der Waals surface area contributed by atoms with Gasteiger partial charge < -0.3 is 16.0 Å². The first kappa shape index (κ1) is 34.0. The fraction of sp³-hybridized carbons (Fsp3) is 0.0385. The second-order valence-electron chi connectivity index (χ2n) is 14.4. The quantitative estimate of drug-likeness (QED) is 0.129. The van der Waals surface area contributed by atoms with Crippen molar-refractivity contribution in [3.63, 3.8) is 0 Å². The molecule has 0 spiro atoms. The molecule has 9 aromatic rings. The third kappa shape index (κ3) is 6.35. The zero-order valence-corrected chi connectivity index (χ0v) is 31.3. The smallest absolute Gasteiger partial charge is 0.146 e. The topological polar surface area (TPSA) is 65.7 Å². The van der Waals surface area contributed by atoms with Gasteiger partial charge in [-0.05, 0) is 56.8 Å². The van der Waals surface area contributed by atoms with E-state index in [1.54, 1.807) is 0 Å². The van der Waals surface area contributed by atoms with Gasteiger partial charge in [-0.3, -0.25) is 4.57 Å². The molecule has 0 amide bonds. The number of imidazole rings is 1. The van der Waals surface area contributed by atoms with Crippen LogP contribution in [-0.4, -0.2) is 21.8 Å². The fourth-order valence-corrected chi connectivity index (χ4v) is 8.09. The van der Waals surface area contributed by atoms with Crippen molar-refractivity contribution < 1.29 is 0 Å². The van der Waals surface area contributed by atoms with Crippen molar-refractivity contribution in [2.75, 3.05) is 11.9 Å². The largest absolute Gasteiger partial charge is 0.381 e. The summed E-state index contributed by atoms with van der Waals surface area (Å²) >= 11 is 0. The normalized spacial score (nSPS) is 12.5. The van der Waals surface area contributed by atoms with Gasteiger partial charge in [-0.2, -0.15) is 0 Å². The van der Waals surface area contributed by atoms with Crippen LogP contribution < -0.4 is 10.6 Å². The predicted molar refractivity (Wildman–Crippen MR) is 239 cm³/mol. The Balaban J connectivity index is 1.06. The van der Waals surface area contributed by atoms with Crippen LogP contribution in [0.4, 0.5) is 5.69 Å². The van der Waals surface area contributed by atoms with Gasteiger partial charge in [0.25, 0.3) is 0 Å². The van der Waals surface area contributed by atoms with Crippen LogP contribution in [0.1, 0.15) is 22.3 Å². The highest BCUT2D eigenvalue weighted by Gasteiger charge is 2.24. The lowest BCUT2D eigenvalue weighted by molar-refractivity contribution is 0.890. The Kier molecular flexibility index (Phi) is 8.73. The van der Waals surface area contributed by atoms with E-state index < -0.39 is 0 Å². The average Bonchev–Trinajstić information content (AvgIpc) is 3.69. The van der Waals surface area contributed by atoms with Gasteiger partial charge >= 0.3 is 0 Å². The van der Waals surface area contributed by atoms with Gasteiger partial charge in [0.1, 0.15) is 5.82 Å². The number of nitrogens with one attached hydrogen (secondary N) is 3. The van der Waals surface area contributed by atoms with Gasteiger partial charge in [0, 0.05) is 46.4 Å². The van der Waals surface area contributed by atoms with Gasteiger partial charge in [0.15, 0.2) is 0 Å². The first-order valence-electron chi connectivity index (χ1n) is 19.4. The lowest BCUT2D eigenvalue weighted by atomic mass is 9.98. The van der Waals surface area contributed by atoms with E-state index in [1.165, 1.54) is 21.7 Å². The number of benzene rings is 8. The van der Waals surface area contributed by atoms with Crippen LogP contribution in [0.15, 0.2) is 188 Å². The second kappa shape index (κ2) is 14.6. The molecule has 57 heavy (non-hydrogen) atoms. The van der Waals surface area contributed by atoms with Crippen molar-refractivity contribution in [1.82, 2.24) is 14.9 Å². The summed E-state index contributed by atoms with van der Waals surface area (Å²) in [6.45, 7) is 1.45. The van der Waals surface area contributed by atoms with E-state index in [4.69, 9.17) is 10.4 Å². The molecular weight excluding hydrogens is 695 g/mol. The maximum Gasteiger partial charge on any atom is 0.146 e. The Bertz CT molecular complexity index is 2990. The van der Waals surface area contributed by atoms with Gasteiger partial charge in [-0.15, -0.1) is 0 Å². The molecule has 1 aliphatic heterocycles. The SMILES string of the molecule is N=C(/C=C(\NCc1ccccc1)c1ccc(-c2ccc(-n3c(-c4cccc5ccccc45)nc4c5c(c6ccccc6c43)NCC=C5)cc2)cc1)c1ccccc1. The van der Waals surface area contributed by atoms with Crippen molar-refractivity contribution in [3.05, 3.63) is 210 Å². The van der Waals surface area contributed by atoms with E-state index in [0.29, 0.717) is 12.3 Å². The number of fused-ring (bicyclic) bond motifs is 7. The maximum atomic E-state index is 8.87. The minimum atomic E-state index is 0.460. The van der Waals surface area contributed by atoms with Crippen molar-refractivity contribution >= 4 is 55.8 Å². The molecule has 5 nitrogen and oxygen atoms in total. The Hall–Kier alpha value is -7.50.